The van der Waals surface area contributed by atoms with Gasteiger partial charge in [0, 0.05) is 18.3 Å². The molecule has 0 saturated heterocycles. The van der Waals surface area contributed by atoms with Crippen LogP contribution in [-0.4, -0.2) is 18.5 Å². The highest BCUT2D eigenvalue weighted by Gasteiger charge is 2.22. The highest BCUT2D eigenvalue weighted by atomic mass is 16.5. The number of ether oxygens (including phenoxy) is 2. The minimum Gasteiger partial charge on any atom is -0.465 e. The van der Waals surface area contributed by atoms with Crippen LogP contribution in [0, 0.1) is 5.92 Å². The topological polar surface area (TPSA) is 52.6 Å². The Morgan fingerprint density at radius 2 is 1.24 bits per heavy atom. The molecule has 2 aromatic rings. The normalized spacial score (nSPS) is 11.4. The highest BCUT2D eigenvalue weighted by molar-refractivity contribution is 5.72. The van der Waals surface area contributed by atoms with Gasteiger partial charge >= 0.3 is 11.9 Å². The first-order chi connectivity index (χ1) is 15.8. The van der Waals surface area contributed by atoms with Gasteiger partial charge in [-0.2, -0.15) is 0 Å². The summed E-state index contributed by atoms with van der Waals surface area (Å²) in [6, 6.07) is 18.2. The molecule has 33 heavy (non-hydrogen) atoms. The summed E-state index contributed by atoms with van der Waals surface area (Å²) in [4.78, 5) is 23.7. The quantitative estimate of drug-likeness (QED) is 0.172. The highest BCUT2D eigenvalue weighted by Crippen LogP contribution is 2.32. The summed E-state index contributed by atoms with van der Waals surface area (Å²) < 4.78 is 10.7. The van der Waals surface area contributed by atoms with Crippen molar-refractivity contribution in [1.29, 1.82) is 0 Å². The van der Waals surface area contributed by atoms with Crippen molar-refractivity contribution >= 4 is 11.9 Å². The SMILES string of the molecule is CC(C)COC(=O)CCCCCCCCC(=O)Oc1ccc(C(C)(C)c2ccccc2)cc1. The molecule has 0 atom stereocenters. The van der Waals surface area contributed by atoms with Gasteiger partial charge in [-0.1, -0.05) is 95.8 Å². The van der Waals surface area contributed by atoms with Crippen molar-refractivity contribution in [1.82, 2.24) is 0 Å². The molecule has 0 bridgehead atoms. The lowest BCUT2D eigenvalue weighted by atomic mass is 9.78. The number of unbranched alkanes of at least 4 members (excludes halogenated alkanes) is 5. The number of esters is 2. The molecule has 2 aromatic carbocycles. The maximum Gasteiger partial charge on any atom is 0.311 e. The average Bonchev–Trinajstić information content (AvgIpc) is 2.80. The predicted octanol–water partition coefficient (Wildman–Crippen LogP) is 7.24. The van der Waals surface area contributed by atoms with E-state index in [1.165, 1.54) is 11.1 Å². The van der Waals surface area contributed by atoms with E-state index >= 15 is 0 Å². The van der Waals surface area contributed by atoms with E-state index in [-0.39, 0.29) is 17.4 Å². The molecule has 0 saturated carbocycles. The summed E-state index contributed by atoms with van der Waals surface area (Å²) in [5.74, 6) is 0.699. The smallest absolute Gasteiger partial charge is 0.311 e. The van der Waals surface area contributed by atoms with E-state index in [1.54, 1.807) is 0 Å². The second kappa shape index (κ2) is 13.8. The minimum absolute atomic E-state index is 0.0943. The first-order valence-corrected chi connectivity index (χ1v) is 12.3. The van der Waals surface area contributed by atoms with Gasteiger partial charge in [0.2, 0.25) is 0 Å². The zero-order chi connectivity index (χ0) is 24.1. The lowest BCUT2D eigenvalue weighted by Gasteiger charge is -2.26. The third-order valence-electron chi connectivity index (χ3n) is 5.89. The molecule has 4 heteroatoms. The Morgan fingerprint density at radius 1 is 0.727 bits per heavy atom. The zero-order valence-electron chi connectivity index (χ0n) is 20.8. The fourth-order valence-electron chi connectivity index (χ4n) is 3.72. The van der Waals surface area contributed by atoms with Crippen LogP contribution >= 0.6 is 0 Å². The Balaban J connectivity index is 1.60. The van der Waals surface area contributed by atoms with E-state index in [4.69, 9.17) is 9.47 Å². The molecule has 0 aliphatic heterocycles. The van der Waals surface area contributed by atoms with E-state index in [9.17, 15) is 9.59 Å². The first-order valence-electron chi connectivity index (χ1n) is 12.3. The Kier molecular flexibility index (Phi) is 11.2. The molecule has 0 unspecified atom stereocenters. The zero-order valence-corrected chi connectivity index (χ0v) is 20.8. The van der Waals surface area contributed by atoms with Crippen LogP contribution in [0.3, 0.4) is 0 Å². The van der Waals surface area contributed by atoms with Gasteiger partial charge in [-0.3, -0.25) is 9.59 Å². The summed E-state index contributed by atoms with van der Waals surface area (Å²) in [6.45, 7) is 8.97. The van der Waals surface area contributed by atoms with Crippen molar-refractivity contribution in [3.63, 3.8) is 0 Å². The number of hydrogen-bond acceptors (Lipinski definition) is 4. The van der Waals surface area contributed by atoms with Gasteiger partial charge in [0.05, 0.1) is 6.61 Å². The largest absolute Gasteiger partial charge is 0.465 e. The fraction of sp³-hybridized carbons (Fsp3) is 0.517. The summed E-state index contributed by atoms with van der Waals surface area (Å²) in [5.41, 5.74) is 2.32. The predicted molar refractivity (Wildman–Crippen MR) is 133 cm³/mol. The second-order valence-electron chi connectivity index (χ2n) is 9.69. The van der Waals surface area contributed by atoms with Gasteiger partial charge < -0.3 is 9.47 Å². The van der Waals surface area contributed by atoms with Gasteiger partial charge in [0.25, 0.3) is 0 Å². The molecule has 0 aliphatic rings. The lowest BCUT2D eigenvalue weighted by Crippen LogP contribution is -2.18. The van der Waals surface area contributed by atoms with Crippen molar-refractivity contribution in [3.8, 4) is 5.75 Å². The molecule has 0 amide bonds. The molecule has 4 nitrogen and oxygen atoms in total. The van der Waals surface area contributed by atoms with Gasteiger partial charge in [-0.05, 0) is 42.0 Å². The molecule has 0 radical (unpaired) electrons. The molecule has 0 N–H and O–H groups in total. The van der Waals surface area contributed by atoms with Crippen LogP contribution in [0.25, 0.3) is 0 Å². The van der Waals surface area contributed by atoms with Crippen molar-refractivity contribution in [3.05, 3.63) is 65.7 Å². The third kappa shape index (κ3) is 9.81. The van der Waals surface area contributed by atoms with Crippen molar-refractivity contribution in [2.45, 2.75) is 84.5 Å². The molecular weight excluding hydrogens is 412 g/mol. The van der Waals surface area contributed by atoms with Gasteiger partial charge in [0.1, 0.15) is 5.75 Å². The van der Waals surface area contributed by atoms with Crippen LogP contribution in [-0.2, 0) is 19.7 Å². The van der Waals surface area contributed by atoms with E-state index in [0.29, 0.717) is 31.1 Å². The maximum atomic E-state index is 12.2. The number of carbonyl (C=O) groups excluding carboxylic acids is 2. The van der Waals surface area contributed by atoms with E-state index < -0.39 is 0 Å². The number of rotatable bonds is 14. The summed E-state index contributed by atoms with van der Waals surface area (Å²) >= 11 is 0. The molecule has 0 fully saturated rings. The third-order valence-corrected chi connectivity index (χ3v) is 5.89. The second-order valence-corrected chi connectivity index (χ2v) is 9.69. The van der Waals surface area contributed by atoms with E-state index in [1.807, 2.05) is 44.2 Å². The van der Waals surface area contributed by atoms with E-state index in [2.05, 4.69) is 38.1 Å². The van der Waals surface area contributed by atoms with Gasteiger partial charge in [0.15, 0.2) is 0 Å². The first kappa shape index (κ1) is 26.6. The molecule has 180 valence electrons. The monoisotopic (exact) mass is 452 g/mol. The average molecular weight is 453 g/mol. The van der Waals surface area contributed by atoms with Crippen LogP contribution < -0.4 is 4.74 Å². The molecule has 2 rings (SSSR count). The van der Waals surface area contributed by atoms with Gasteiger partial charge in [-0.15, -0.1) is 0 Å². The van der Waals surface area contributed by atoms with Crippen molar-refractivity contribution < 1.29 is 19.1 Å². The van der Waals surface area contributed by atoms with Crippen molar-refractivity contribution in [2.75, 3.05) is 6.61 Å². The van der Waals surface area contributed by atoms with Crippen LogP contribution in [0.1, 0.15) is 90.2 Å². The molecule has 0 spiro atoms. The Hall–Kier alpha value is -2.62. The van der Waals surface area contributed by atoms with Crippen LogP contribution in [0.5, 0.6) is 5.75 Å². The number of hydrogen-bond donors (Lipinski definition) is 0. The summed E-state index contributed by atoms with van der Waals surface area (Å²) in [5, 5.41) is 0. The maximum absolute atomic E-state index is 12.2. The lowest BCUT2D eigenvalue weighted by molar-refractivity contribution is -0.144. The standard InChI is InChI=1S/C29H40O4/c1-23(2)22-32-27(30)16-12-7-5-6-8-13-17-28(31)33-26-20-18-25(19-21-26)29(3,4)24-14-10-9-11-15-24/h9-11,14-15,18-21,23H,5-8,12-13,16-17,22H2,1-4H3. The van der Waals surface area contributed by atoms with Crippen LogP contribution in [0.15, 0.2) is 54.6 Å². The minimum atomic E-state index is -0.182. The Labute approximate surface area is 199 Å². The van der Waals surface area contributed by atoms with Crippen LogP contribution in [0.4, 0.5) is 0 Å². The Morgan fingerprint density at radius 3 is 1.82 bits per heavy atom. The van der Waals surface area contributed by atoms with E-state index in [0.717, 1.165) is 38.5 Å². The van der Waals surface area contributed by atoms with Crippen LogP contribution in [0.2, 0.25) is 0 Å². The number of carbonyl (C=O) groups is 2. The molecule has 0 aromatic heterocycles. The molecular formula is C29H40O4. The van der Waals surface area contributed by atoms with Gasteiger partial charge in [-0.25, -0.2) is 0 Å². The molecule has 0 heterocycles. The summed E-state index contributed by atoms with van der Waals surface area (Å²) in [6.07, 6.45) is 6.79. The fourth-order valence-corrected chi connectivity index (χ4v) is 3.72. The van der Waals surface area contributed by atoms with Crippen molar-refractivity contribution in [2.24, 2.45) is 5.92 Å². The Bertz CT molecular complexity index is 838. The molecule has 0 aliphatic carbocycles. The number of benzene rings is 2. The summed E-state index contributed by atoms with van der Waals surface area (Å²) in [7, 11) is 0.